The minimum Gasteiger partial charge on any atom is -0.465 e. The molecule has 0 unspecified atom stereocenters. The Morgan fingerprint density at radius 3 is 2.85 bits per heavy atom. The zero-order valence-electron chi connectivity index (χ0n) is 11.3. The molecule has 0 aliphatic rings. The number of hydrogen-bond acceptors (Lipinski definition) is 4. The molecule has 1 aromatic carbocycles. The molecule has 0 saturated heterocycles. The summed E-state index contributed by atoms with van der Waals surface area (Å²) < 4.78 is 5.61. The van der Waals surface area contributed by atoms with Crippen molar-refractivity contribution in [1.82, 2.24) is 4.98 Å². The van der Waals surface area contributed by atoms with E-state index in [1.54, 1.807) is 12.3 Å². The fourth-order valence-electron chi connectivity index (χ4n) is 1.84. The number of hydrogen-bond donors (Lipinski definition) is 1. The molecule has 1 heterocycles. The van der Waals surface area contributed by atoms with E-state index in [0.717, 1.165) is 21.4 Å². The summed E-state index contributed by atoms with van der Waals surface area (Å²) in [5.74, 6) is -0.326. The Morgan fingerprint density at radius 2 is 2.15 bits per heavy atom. The lowest BCUT2D eigenvalue weighted by molar-refractivity contribution is 0.0599. The lowest BCUT2D eigenvalue weighted by Crippen LogP contribution is -2.09. The third kappa shape index (κ3) is 3.36. The maximum atomic E-state index is 11.7. The van der Waals surface area contributed by atoms with E-state index in [1.165, 1.54) is 7.11 Å². The highest BCUT2D eigenvalue weighted by atomic mass is 79.9. The van der Waals surface area contributed by atoms with Crippen LogP contribution in [0.15, 0.2) is 41.1 Å². The molecule has 0 bridgehead atoms. The number of aromatic nitrogens is 1. The predicted molar refractivity (Wildman–Crippen MR) is 81.8 cm³/mol. The number of anilines is 1. The van der Waals surface area contributed by atoms with Gasteiger partial charge in [-0.3, -0.25) is 0 Å². The lowest BCUT2D eigenvalue weighted by Gasteiger charge is -2.10. The van der Waals surface area contributed by atoms with Gasteiger partial charge in [0.2, 0.25) is 0 Å². The zero-order chi connectivity index (χ0) is 14.5. The van der Waals surface area contributed by atoms with E-state index in [9.17, 15) is 4.79 Å². The number of nitrogens with zero attached hydrogens (tertiary/aromatic N) is 1. The molecule has 0 amide bonds. The molecule has 0 radical (unpaired) electrons. The van der Waals surface area contributed by atoms with Crippen molar-refractivity contribution in [2.45, 2.75) is 13.5 Å². The van der Waals surface area contributed by atoms with Crippen LogP contribution in [0.3, 0.4) is 0 Å². The Hall–Kier alpha value is -1.88. The number of aryl methyl sites for hydroxylation is 1. The second kappa shape index (κ2) is 6.52. The van der Waals surface area contributed by atoms with Crippen LogP contribution in [0.25, 0.3) is 0 Å². The van der Waals surface area contributed by atoms with Crippen molar-refractivity contribution in [2.24, 2.45) is 0 Å². The molecule has 2 rings (SSSR count). The highest BCUT2D eigenvalue weighted by molar-refractivity contribution is 9.10. The van der Waals surface area contributed by atoms with Crippen LogP contribution in [0, 0.1) is 6.92 Å². The first-order valence-corrected chi connectivity index (χ1v) is 6.93. The maximum absolute atomic E-state index is 11.7. The summed E-state index contributed by atoms with van der Waals surface area (Å²) in [4.78, 5) is 15.9. The number of methoxy groups -OCH3 is 1. The number of rotatable bonds is 4. The van der Waals surface area contributed by atoms with Crippen LogP contribution in [0.1, 0.15) is 21.5 Å². The molecule has 0 spiro atoms. The monoisotopic (exact) mass is 334 g/mol. The second-order valence-electron chi connectivity index (χ2n) is 4.33. The van der Waals surface area contributed by atoms with Crippen molar-refractivity contribution < 1.29 is 9.53 Å². The van der Waals surface area contributed by atoms with E-state index in [1.807, 2.05) is 31.2 Å². The van der Waals surface area contributed by atoms with Gasteiger partial charge in [-0.05, 0) is 46.1 Å². The van der Waals surface area contributed by atoms with Crippen LogP contribution in [0.2, 0.25) is 0 Å². The van der Waals surface area contributed by atoms with Gasteiger partial charge < -0.3 is 10.1 Å². The number of ether oxygens (including phenoxy) is 1. The van der Waals surface area contributed by atoms with Crippen molar-refractivity contribution in [2.75, 3.05) is 12.4 Å². The van der Waals surface area contributed by atoms with Gasteiger partial charge >= 0.3 is 5.97 Å². The van der Waals surface area contributed by atoms with Gasteiger partial charge in [-0.15, -0.1) is 0 Å². The fraction of sp³-hybridized carbons (Fsp3) is 0.200. The Bertz CT molecular complexity index is 629. The van der Waals surface area contributed by atoms with Crippen molar-refractivity contribution in [1.29, 1.82) is 0 Å². The summed E-state index contributed by atoms with van der Waals surface area (Å²) in [6.07, 6.45) is 1.75. The van der Waals surface area contributed by atoms with Gasteiger partial charge in [0.05, 0.1) is 24.6 Å². The van der Waals surface area contributed by atoms with Gasteiger partial charge in [-0.25, -0.2) is 9.78 Å². The van der Waals surface area contributed by atoms with Crippen LogP contribution in [-0.2, 0) is 11.3 Å². The van der Waals surface area contributed by atoms with Crippen molar-refractivity contribution in [3.63, 3.8) is 0 Å². The van der Waals surface area contributed by atoms with Gasteiger partial charge in [0.1, 0.15) is 4.60 Å². The van der Waals surface area contributed by atoms with Crippen molar-refractivity contribution in [3.8, 4) is 0 Å². The normalized spacial score (nSPS) is 10.2. The van der Waals surface area contributed by atoms with Gasteiger partial charge in [-0.2, -0.15) is 0 Å². The van der Waals surface area contributed by atoms with Crippen molar-refractivity contribution in [3.05, 3.63) is 57.8 Å². The van der Waals surface area contributed by atoms with Gasteiger partial charge in [0, 0.05) is 6.54 Å². The summed E-state index contributed by atoms with van der Waals surface area (Å²) in [5, 5.41) is 3.26. The molecule has 0 aliphatic carbocycles. The Kier molecular flexibility index (Phi) is 4.74. The zero-order valence-corrected chi connectivity index (χ0v) is 12.9. The molecule has 2 aromatic rings. The third-order valence-electron chi connectivity index (χ3n) is 2.92. The number of esters is 1. The molecule has 1 N–H and O–H groups in total. The van der Waals surface area contributed by atoms with Crippen LogP contribution < -0.4 is 5.32 Å². The smallest absolute Gasteiger partial charge is 0.338 e. The minimum absolute atomic E-state index is 0.326. The number of carbonyl (C=O) groups excluding carboxylic acids is 1. The van der Waals surface area contributed by atoms with Crippen molar-refractivity contribution >= 4 is 27.6 Å². The van der Waals surface area contributed by atoms with E-state index >= 15 is 0 Å². The average Bonchev–Trinajstić information content (AvgIpc) is 2.48. The summed E-state index contributed by atoms with van der Waals surface area (Å²) in [5.41, 5.74) is 3.42. The summed E-state index contributed by atoms with van der Waals surface area (Å²) >= 11 is 3.37. The molecule has 0 saturated carbocycles. The SMILES string of the molecule is COC(=O)c1ccccc1CNc1cnc(Br)c(C)c1. The molecule has 0 fully saturated rings. The summed E-state index contributed by atoms with van der Waals surface area (Å²) in [6, 6.07) is 9.37. The van der Waals surface area contributed by atoms with Crippen LogP contribution >= 0.6 is 15.9 Å². The van der Waals surface area contributed by atoms with Crippen LogP contribution in [0.5, 0.6) is 0 Å². The molecule has 1 aromatic heterocycles. The summed E-state index contributed by atoms with van der Waals surface area (Å²) in [6.45, 7) is 2.51. The number of pyridine rings is 1. The molecular formula is C15H15BrN2O2. The number of benzene rings is 1. The fourth-order valence-corrected chi connectivity index (χ4v) is 2.05. The van der Waals surface area contributed by atoms with E-state index in [-0.39, 0.29) is 5.97 Å². The Labute approximate surface area is 126 Å². The highest BCUT2D eigenvalue weighted by Gasteiger charge is 2.10. The topological polar surface area (TPSA) is 51.2 Å². The van der Waals surface area contributed by atoms with E-state index in [0.29, 0.717) is 12.1 Å². The number of halogens is 1. The average molecular weight is 335 g/mol. The van der Waals surface area contributed by atoms with Gasteiger partial charge in [0.15, 0.2) is 0 Å². The van der Waals surface area contributed by atoms with Crippen LogP contribution in [0.4, 0.5) is 5.69 Å². The maximum Gasteiger partial charge on any atom is 0.338 e. The standard InChI is InChI=1S/C15H15BrN2O2/c1-10-7-12(9-18-14(10)16)17-8-11-5-3-4-6-13(11)15(19)20-2/h3-7,9,17H,8H2,1-2H3. The van der Waals surface area contributed by atoms with Gasteiger partial charge in [-0.1, -0.05) is 18.2 Å². The van der Waals surface area contributed by atoms with Gasteiger partial charge in [0.25, 0.3) is 0 Å². The quantitative estimate of drug-likeness (QED) is 0.686. The molecule has 0 aliphatic heterocycles. The van der Waals surface area contributed by atoms with Crippen LogP contribution in [-0.4, -0.2) is 18.1 Å². The second-order valence-corrected chi connectivity index (χ2v) is 5.09. The first-order chi connectivity index (χ1) is 9.61. The molecule has 0 atom stereocenters. The molecule has 104 valence electrons. The highest BCUT2D eigenvalue weighted by Crippen LogP contribution is 2.18. The number of carbonyl (C=O) groups is 1. The first kappa shape index (κ1) is 14.5. The van der Waals surface area contributed by atoms with E-state index in [4.69, 9.17) is 4.74 Å². The first-order valence-electron chi connectivity index (χ1n) is 6.14. The molecule has 20 heavy (non-hydrogen) atoms. The Balaban J connectivity index is 2.14. The minimum atomic E-state index is -0.326. The molecule has 5 heteroatoms. The third-order valence-corrected chi connectivity index (χ3v) is 3.75. The Morgan fingerprint density at radius 1 is 1.40 bits per heavy atom. The lowest BCUT2D eigenvalue weighted by atomic mass is 10.1. The molecule has 4 nitrogen and oxygen atoms in total. The molecular weight excluding hydrogens is 320 g/mol. The number of nitrogens with one attached hydrogen (secondary N) is 1. The van der Waals surface area contributed by atoms with E-state index < -0.39 is 0 Å². The summed E-state index contributed by atoms with van der Waals surface area (Å²) in [7, 11) is 1.38. The van der Waals surface area contributed by atoms with E-state index in [2.05, 4.69) is 26.2 Å². The largest absolute Gasteiger partial charge is 0.465 e. The predicted octanol–water partition coefficient (Wildman–Crippen LogP) is 3.55.